The van der Waals surface area contributed by atoms with Crippen molar-refractivity contribution < 1.29 is 22.5 Å². The first kappa shape index (κ1) is 16.1. The molecule has 2 aromatic heterocycles. The second-order valence-electron chi connectivity index (χ2n) is 4.98. The van der Waals surface area contributed by atoms with Gasteiger partial charge in [-0.1, -0.05) is 5.16 Å². The number of hydrogen-bond acceptors (Lipinski definition) is 4. The number of nitrogens with one attached hydrogen (secondary N) is 1. The number of nitrogens with zero attached hydrogens (tertiary/aromatic N) is 3. The summed E-state index contributed by atoms with van der Waals surface area (Å²) in [4.78, 5) is 12.2. The highest BCUT2D eigenvalue weighted by molar-refractivity contribution is 5.94. The lowest BCUT2D eigenvalue weighted by atomic mass is 10.2. The maximum atomic E-state index is 12.7. The fourth-order valence-electron chi connectivity index (χ4n) is 2.02. The molecule has 9 heteroatoms. The molecule has 1 atom stereocenters. The minimum absolute atomic E-state index is 0.244. The van der Waals surface area contributed by atoms with Crippen LogP contribution in [0.1, 0.15) is 35.8 Å². The number of alkyl halides is 3. The molecule has 0 aromatic carbocycles. The molecule has 0 aliphatic rings. The third kappa shape index (κ3) is 2.97. The summed E-state index contributed by atoms with van der Waals surface area (Å²) < 4.78 is 43.9. The van der Waals surface area contributed by atoms with Crippen LogP contribution in [0.2, 0.25) is 0 Å². The predicted molar refractivity (Wildman–Crippen MR) is 71.3 cm³/mol. The number of halogens is 3. The molecule has 2 aromatic rings. The standard InChI is InChI=1S/C13H15F3N4O2/c1-6-5-10(13(14,15)16)18-20(6)8(3)12(21)17-11-7(2)19-22-9(11)4/h5,8H,1-4H3,(H,17,21). The van der Waals surface area contributed by atoms with Gasteiger partial charge in [0.25, 0.3) is 0 Å². The zero-order chi connectivity index (χ0) is 16.7. The number of aryl methyl sites for hydroxylation is 3. The maximum absolute atomic E-state index is 12.7. The van der Waals surface area contributed by atoms with Crippen molar-refractivity contribution in [2.45, 2.75) is 39.9 Å². The van der Waals surface area contributed by atoms with E-state index in [9.17, 15) is 18.0 Å². The van der Waals surface area contributed by atoms with Crippen LogP contribution in [0.4, 0.5) is 18.9 Å². The predicted octanol–water partition coefficient (Wildman–Crippen LogP) is 3.01. The lowest BCUT2D eigenvalue weighted by Gasteiger charge is -2.14. The van der Waals surface area contributed by atoms with Crippen LogP contribution in [0.5, 0.6) is 0 Å². The largest absolute Gasteiger partial charge is 0.435 e. The van der Waals surface area contributed by atoms with Gasteiger partial charge in [0, 0.05) is 5.69 Å². The van der Waals surface area contributed by atoms with Crippen LogP contribution in [0.25, 0.3) is 0 Å². The van der Waals surface area contributed by atoms with Gasteiger partial charge in [-0.25, -0.2) is 0 Å². The summed E-state index contributed by atoms with van der Waals surface area (Å²) in [5, 5.41) is 9.76. The first-order valence-corrected chi connectivity index (χ1v) is 6.48. The van der Waals surface area contributed by atoms with Crippen LogP contribution in [0.3, 0.4) is 0 Å². The van der Waals surface area contributed by atoms with E-state index in [1.165, 1.54) is 13.8 Å². The Bertz CT molecular complexity index is 683. The molecule has 0 saturated heterocycles. The van der Waals surface area contributed by atoms with E-state index in [0.717, 1.165) is 10.7 Å². The minimum Gasteiger partial charge on any atom is -0.359 e. The van der Waals surface area contributed by atoms with Gasteiger partial charge < -0.3 is 9.84 Å². The Kier molecular flexibility index (Phi) is 3.99. The van der Waals surface area contributed by atoms with Gasteiger partial charge >= 0.3 is 6.18 Å². The SMILES string of the molecule is Cc1noc(C)c1NC(=O)C(C)n1nc(C(F)(F)F)cc1C. The third-order valence-corrected chi connectivity index (χ3v) is 3.24. The smallest absolute Gasteiger partial charge is 0.359 e. The van der Waals surface area contributed by atoms with Gasteiger partial charge in [0.05, 0.1) is 0 Å². The number of amides is 1. The normalized spacial score (nSPS) is 13.2. The van der Waals surface area contributed by atoms with E-state index in [4.69, 9.17) is 4.52 Å². The third-order valence-electron chi connectivity index (χ3n) is 3.24. The zero-order valence-electron chi connectivity index (χ0n) is 12.4. The topological polar surface area (TPSA) is 73.0 Å². The van der Waals surface area contributed by atoms with Crippen LogP contribution >= 0.6 is 0 Å². The Labute approximate surface area is 124 Å². The molecule has 0 saturated carbocycles. The zero-order valence-corrected chi connectivity index (χ0v) is 12.4. The summed E-state index contributed by atoms with van der Waals surface area (Å²) in [6, 6.07) is -0.00976. The molecule has 120 valence electrons. The summed E-state index contributed by atoms with van der Waals surface area (Å²) in [5.41, 5.74) is 0.125. The van der Waals surface area contributed by atoms with Gasteiger partial charge in [0.15, 0.2) is 11.5 Å². The molecule has 1 amide bonds. The lowest BCUT2D eigenvalue weighted by Crippen LogP contribution is -2.26. The van der Waals surface area contributed by atoms with Crippen molar-refractivity contribution in [3.05, 3.63) is 28.9 Å². The van der Waals surface area contributed by atoms with Gasteiger partial charge in [-0.05, 0) is 33.8 Å². The van der Waals surface area contributed by atoms with Crippen LogP contribution in [0.15, 0.2) is 10.6 Å². The van der Waals surface area contributed by atoms with Gasteiger partial charge in [0.2, 0.25) is 5.91 Å². The van der Waals surface area contributed by atoms with Crippen LogP contribution in [0, 0.1) is 20.8 Å². The van der Waals surface area contributed by atoms with Crippen molar-refractivity contribution in [2.75, 3.05) is 5.32 Å². The number of carbonyl (C=O) groups is 1. The molecular weight excluding hydrogens is 301 g/mol. The average Bonchev–Trinajstić information content (AvgIpc) is 2.95. The fraction of sp³-hybridized carbons (Fsp3) is 0.462. The summed E-state index contributed by atoms with van der Waals surface area (Å²) in [7, 11) is 0. The molecule has 0 fully saturated rings. The number of aromatic nitrogens is 3. The van der Waals surface area contributed by atoms with Gasteiger partial charge in [-0.15, -0.1) is 0 Å². The second kappa shape index (κ2) is 5.47. The van der Waals surface area contributed by atoms with E-state index in [2.05, 4.69) is 15.6 Å². The Morgan fingerprint density at radius 1 is 1.36 bits per heavy atom. The van der Waals surface area contributed by atoms with Crippen molar-refractivity contribution in [3.63, 3.8) is 0 Å². The number of carbonyl (C=O) groups excluding carboxylic acids is 1. The van der Waals surface area contributed by atoms with Crippen molar-refractivity contribution in [3.8, 4) is 0 Å². The molecule has 0 aliphatic carbocycles. The highest BCUT2D eigenvalue weighted by atomic mass is 19.4. The first-order valence-electron chi connectivity index (χ1n) is 6.48. The van der Waals surface area contributed by atoms with Crippen molar-refractivity contribution >= 4 is 11.6 Å². The Balaban J connectivity index is 2.23. The molecule has 1 N–H and O–H groups in total. The van der Waals surface area contributed by atoms with E-state index in [1.54, 1.807) is 13.8 Å². The van der Waals surface area contributed by atoms with Crippen molar-refractivity contribution in [1.29, 1.82) is 0 Å². The molecule has 2 rings (SSSR count). The number of anilines is 1. The summed E-state index contributed by atoms with van der Waals surface area (Å²) in [5.74, 6) is -0.0828. The van der Waals surface area contributed by atoms with Crippen molar-refractivity contribution in [2.24, 2.45) is 0 Å². The second-order valence-corrected chi connectivity index (χ2v) is 4.98. The first-order chi connectivity index (χ1) is 10.1. The van der Waals surface area contributed by atoms with Crippen LogP contribution in [-0.2, 0) is 11.0 Å². The number of hydrogen-bond donors (Lipinski definition) is 1. The molecule has 2 heterocycles. The molecule has 22 heavy (non-hydrogen) atoms. The van der Waals surface area contributed by atoms with Gasteiger partial charge in [-0.3, -0.25) is 9.48 Å². The van der Waals surface area contributed by atoms with Crippen LogP contribution < -0.4 is 5.32 Å². The number of rotatable bonds is 3. The summed E-state index contributed by atoms with van der Waals surface area (Å²) in [6.45, 7) is 6.20. The molecule has 0 aliphatic heterocycles. The summed E-state index contributed by atoms with van der Waals surface area (Å²) >= 11 is 0. The van der Waals surface area contributed by atoms with Crippen LogP contribution in [-0.4, -0.2) is 20.8 Å². The van der Waals surface area contributed by atoms with Gasteiger partial charge in [-0.2, -0.15) is 18.3 Å². The van der Waals surface area contributed by atoms with E-state index in [-0.39, 0.29) is 5.69 Å². The van der Waals surface area contributed by atoms with E-state index < -0.39 is 23.8 Å². The molecule has 0 bridgehead atoms. The minimum atomic E-state index is -4.55. The van der Waals surface area contributed by atoms with E-state index in [1.807, 2.05) is 0 Å². The van der Waals surface area contributed by atoms with Gasteiger partial charge in [0.1, 0.15) is 17.4 Å². The monoisotopic (exact) mass is 316 g/mol. The van der Waals surface area contributed by atoms with E-state index in [0.29, 0.717) is 17.1 Å². The molecule has 1 unspecified atom stereocenters. The molecule has 0 spiro atoms. The summed E-state index contributed by atoms with van der Waals surface area (Å²) in [6.07, 6.45) is -4.55. The molecule has 6 nitrogen and oxygen atoms in total. The fourth-order valence-corrected chi connectivity index (χ4v) is 2.02. The Morgan fingerprint density at radius 2 is 2.00 bits per heavy atom. The molecule has 0 radical (unpaired) electrons. The quantitative estimate of drug-likeness (QED) is 0.944. The highest BCUT2D eigenvalue weighted by Crippen LogP contribution is 2.29. The lowest BCUT2D eigenvalue weighted by molar-refractivity contribution is -0.141. The van der Waals surface area contributed by atoms with Crippen molar-refractivity contribution in [1.82, 2.24) is 14.9 Å². The Hall–Kier alpha value is -2.32. The average molecular weight is 316 g/mol. The maximum Gasteiger partial charge on any atom is 0.435 e. The van der Waals surface area contributed by atoms with E-state index >= 15 is 0 Å². The molecular formula is C13H15F3N4O2. The highest BCUT2D eigenvalue weighted by Gasteiger charge is 2.35. The Morgan fingerprint density at radius 3 is 2.45 bits per heavy atom.